The minimum Gasteiger partial charge on any atom is -0.399 e. The van der Waals surface area contributed by atoms with Gasteiger partial charge < -0.3 is 5.73 Å². The van der Waals surface area contributed by atoms with Gasteiger partial charge in [0, 0.05) is 12.7 Å². The summed E-state index contributed by atoms with van der Waals surface area (Å²) in [6, 6.07) is 7.39. The van der Waals surface area contributed by atoms with E-state index in [1.165, 1.54) is 15.6 Å². The van der Waals surface area contributed by atoms with Gasteiger partial charge in [0.2, 0.25) is 0 Å². The molecule has 0 saturated heterocycles. The first kappa shape index (κ1) is 9.51. The Hall–Kier alpha value is -2.04. The molecule has 1 heterocycles. The third kappa shape index (κ3) is 1.90. The molecule has 0 fully saturated rings. The molecule has 15 heavy (non-hydrogen) atoms. The van der Waals surface area contributed by atoms with Gasteiger partial charge in [0.15, 0.2) is 0 Å². The van der Waals surface area contributed by atoms with E-state index in [2.05, 4.69) is 5.10 Å². The molecule has 2 rings (SSSR count). The molecular formula is C10H12N4O. The smallest absolute Gasteiger partial charge is 0.345 e. The van der Waals surface area contributed by atoms with Crippen molar-refractivity contribution < 1.29 is 0 Å². The molecule has 5 heteroatoms. The predicted molar refractivity (Wildman–Crippen MR) is 57.4 cm³/mol. The predicted octanol–water partition coefficient (Wildman–Crippen LogP) is 0.212. The van der Waals surface area contributed by atoms with E-state index in [9.17, 15) is 4.79 Å². The summed E-state index contributed by atoms with van der Waals surface area (Å²) in [4.78, 5) is 11.5. The lowest BCUT2D eigenvalue weighted by Crippen LogP contribution is -2.23. The summed E-state index contributed by atoms with van der Waals surface area (Å²) in [6.07, 6.45) is 1.50. The molecule has 78 valence electrons. The van der Waals surface area contributed by atoms with Gasteiger partial charge in [-0.2, -0.15) is 5.10 Å². The van der Waals surface area contributed by atoms with Crippen molar-refractivity contribution in [2.24, 2.45) is 7.05 Å². The lowest BCUT2D eigenvalue weighted by atomic mass is 10.2. The maximum absolute atomic E-state index is 11.5. The summed E-state index contributed by atoms with van der Waals surface area (Å²) in [7, 11) is 1.68. The second kappa shape index (κ2) is 3.61. The minimum atomic E-state index is -0.119. The Labute approximate surface area is 86.8 Å². The van der Waals surface area contributed by atoms with E-state index in [1.54, 1.807) is 7.05 Å². The van der Waals surface area contributed by atoms with Crippen LogP contribution in [0.15, 0.2) is 35.4 Å². The number of aryl methyl sites for hydroxylation is 1. The highest BCUT2D eigenvalue weighted by molar-refractivity contribution is 5.39. The Morgan fingerprint density at radius 1 is 1.33 bits per heavy atom. The van der Waals surface area contributed by atoms with Gasteiger partial charge >= 0.3 is 5.69 Å². The summed E-state index contributed by atoms with van der Waals surface area (Å²) in [5.74, 6) is 0. The second-order valence-corrected chi connectivity index (χ2v) is 3.42. The molecule has 0 spiro atoms. The molecular weight excluding hydrogens is 192 g/mol. The number of nitrogens with two attached hydrogens (primary N) is 1. The van der Waals surface area contributed by atoms with Crippen molar-refractivity contribution in [3.63, 3.8) is 0 Å². The summed E-state index contributed by atoms with van der Waals surface area (Å²) >= 11 is 0. The molecule has 0 bridgehead atoms. The summed E-state index contributed by atoms with van der Waals surface area (Å²) in [5, 5.41) is 3.97. The van der Waals surface area contributed by atoms with Gasteiger partial charge in [-0.15, -0.1) is 0 Å². The first-order valence-electron chi connectivity index (χ1n) is 4.59. The Morgan fingerprint density at radius 2 is 2.00 bits per heavy atom. The van der Waals surface area contributed by atoms with Gasteiger partial charge in [-0.05, 0) is 17.7 Å². The molecule has 1 aromatic carbocycles. The van der Waals surface area contributed by atoms with Gasteiger partial charge in [0.25, 0.3) is 0 Å². The van der Waals surface area contributed by atoms with Crippen LogP contribution in [0.5, 0.6) is 0 Å². The number of anilines is 1. The molecule has 0 amide bonds. The zero-order valence-corrected chi connectivity index (χ0v) is 8.42. The van der Waals surface area contributed by atoms with Crippen molar-refractivity contribution in [2.45, 2.75) is 6.54 Å². The van der Waals surface area contributed by atoms with E-state index in [0.29, 0.717) is 12.2 Å². The van der Waals surface area contributed by atoms with Crippen molar-refractivity contribution in [3.8, 4) is 0 Å². The van der Waals surface area contributed by atoms with Crippen LogP contribution < -0.4 is 11.4 Å². The van der Waals surface area contributed by atoms with Crippen molar-refractivity contribution >= 4 is 5.69 Å². The second-order valence-electron chi connectivity index (χ2n) is 3.42. The Balaban J connectivity index is 2.26. The summed E-state index contributed by atoms with van der Waals surface area (Å²) < 4.78 is 2.85. The van der Waals surface area contributed by atoms with E-state index in [-0.39, 0.29) is 5.69 Å². The topological polar surface area (TPSA) is 65.8 Å². The maximum Gasteiger partial charge on any atom is 0.345 e. The van der Waals surface area contributed by atoms with Crippen LogP contribution in [-0.4, -0.2) is 14.3 Å². The normalized spacial score (nSPS) is 10.5. The Bertz CT molecular complexity index is 509. The van der Waals surface area contributed by atoms with Crippen LogP contribution in [0.4, 0.5) is 5.69 Å². The average molecular weight is 204 g/mol. The van der Waals surface area contributed by atoms with Crippen LogP contribution in [-0.2, 0) is 13.6 Å². The fourth-order valence-electron chi connectivity index (χ4n) is 1.33. The fourth-order valence-corrected chi connectivity index (χ4v) is 1.33. The van der Waals surface area contributed by atoms with Gasteiger partial charge in [-0.25, -0.2) is 9.48 Å². The first-order chi connectivity index (χ1) is 7.16. The molecule has 2 aromatic rings. The van der Waals surface area contributed by atoms with Gasteiger partial charge in [0.1, 0.15) is 6.33 Å². The molecule has 0 aliphatic rings. The van der Waals surface area contributed by atoms with Gasteiger partial charge in [-0.3, -0.25) is 4.57 Å². The number of benzene rings is 1. The minimum absolute atomic E-state index is 0.119. The standard InChI is InChI=1S/C10H12N4O/c1-13-7-12-14(10(13)15)6-8-2-4-9(11)5-3-8/h2-5,7H,6,11H2,1H3. The highest BCUT2D eigenvalue weighted by Gasteiger charge is 2.01. The number of hydrogen-bond donors (Lipinski definition) is 1. The van der Waals surface area contributed by atoms with E-state index in [1.807, 2.05) is 24.3 Å². The number of nitrogen functional groups attached to an aromatic ring is 1. The van der Waals surface area contributed by atoms with E-state index in [0.717, 1.165) is 5.56 Å². The number of aromatic nitrogens is 3. The molecule has 0 saturated carbocycles. The monoisotopic (exact) mass is 204 g/mol. The van der Waals surface area contributed by atoms with Crippen LogP contribution >= 0.6 is 0 Å². The third-order valence-electron chi connectivity index (χ3n) is 2.20. The van der Waals surface area contributed by atoms with Crippen LogP contribution in [0.3, 0.4) is 0 Å². The Morgan fingerprint density at radius 3 is 2.53 bits per heavy atom. The molecule has 0 radical (unpaired) electrons. The highest BCUT2D eigenvalue weighted by Crippen LogP contribution is 2.05. The van der Waals surface area contributed by atoms with E-state index < -0.39 is 0 Å². The van der Waals surface area contributed by atoms with Gasteiger partial charge in [0.05, 0.1) is 6.54 Å². The SMILES string of the molecule is Cn1cnn(Cc2ccc(N)cc2)c1=O. The van der Waals surface area contributed by atoms with Crippen molar-refractivity contribution in [1.82, 2.24) is 14.3 Å². The quantitative estimate of drug-likeness (QED) is 0.711. The van der Waals surface area contributed by atoms with E-state index >= 15 is 0 Å². The lowest BCUT2D eigenvalue weighted by molar-refractivity contribution is 0.647. The highest BCUT2D eigenvalue weighted by atomic mass is 16.2. The van der Waals surface area contributed by atoms with Crippen molar-refractivity contribution in [2.75, 3.05) is 5.73 Å². The maximum atomic E-state index is 11.5. The summed E-state index contributed by atoms with van der Waals surface area (Å²) in [5.41, 5.74) is 7.17. The van der Waals surface area contributed by atoms with Crippen molar-refractivity contribution in [1.29, 1.82) is 0 Å². The summed E-state index contributed by atoms with van der Waals surface area (Å²) in [6.45, 7) is 0.472. The van der Waals surface area contributed by atoms with Crippen molar-refractivity contribution in [3.05, 3.63) is 46.6 Å². The van der Waals surface area contributed by atoms with Crippen LogP contribution in [0.1, 0.15) is 5.56 Å². The average Bonchev–Trinajstić information content (AvgIpc) is 2.53. The largest absolute Gasteiger partial charge is 0.399 e. The molecule has 0 aliphatic carbocycles. The molecule has 0 unspecified atom stereocenters. The molecule has 5 nitrogen and oxygen atoms in total. The first-order valence-corrected chi connectivity index (χ1v) is 4.59. The van der Waals surface area contributed by atoms with Crippen LogP contribution in [0.2, 0.25) is 0 Å². The van der Waals surface area contributed by atoms with Gasteiger partial charge in [-0.1, -0.05) is 12.1 Å². The Kier molecular flexibility index (Phi) is 2.29. The molecule has 1 aromatic heterocycles. The number of nitrogens with zero attached hydrogens (tertiary/aromatic N) is 3. The van der Waals surface area contributed by atoms with E-state index in [4.69, 9.17) is 5.73 Å². The van der Waals surface area contributed by atoms with Crippen LogP contribution in [0, 0.1) is 0 Å². The molecule has 0 atom stereocenters. The molecule has 0 aliphatic heterocycles. The zero-order chi connectivity index (χ0) is 10.8. The zero-order valence-electron chi connectivity index (χ0n) is 8.42. The van der Waals surface area contributed by atoms with Crippen LogP contribution in [0.25, 0.3) is 0 Å². The number of hydrogen-bond acceptors (Lipinski definition) is 3. The lowest BCUT2D eigenvalue weighted by Gasteiger charge is -2.00. The molecule has 2 N–H and O–H groups in total. The third-order valence-corrected chi connectivity index (χ3v) is 2.20. The fraction of sp³-hybridized carbons (Fsp3) is 0.200. The number of rotatable bonds is 2.